The van der Waals surface area contributed by atoms with Crippen LogP contribution in [0, 0.1) is 16.0 Å². The van der Waals surface area contributed by atoms with Crippen LogP contribution < -0.4 is 10.1 Å². The Hall–Kier alpha value is -2.64. The first kappa shape index (κ1) is 17.4. The van der Waals surface area contributed by atoms with Gasteiger partial charge in [-0.15, -0.1) is 0 Å². The minimum absolute atomic E-state index is 0.113. The molecule has 0 saturated carbocycles. The van der Waals surface area contributed by atoms with Gasteiger partial charge in [0.05, 0.1) is 11.5 Å². The van der Waals surface area contributed by atoms with Crippen molar-refractivity contribution in [1.82, 2.24) is 5.32 Å². The molecule has 0 aromatic heterocycles. The van der Waals surface area contributed by atoms with E-state index in [1.807, 2.05) is 13.8 Å². The Kier molecular flexibility index (Phi) is 6.30. The number of hydrogen-bond donors (Lipinski definition) is 1. The molecule has 0 aliphatic heterocycles. The first-order valence-corrected chi connectivity index (χ1v) is 6.69. The average Bonchev–Trinajstić information content (AvgIpc) is 2.44. The molecule has 1 atom stereocenters. The Morgan fingerprint density at radius 3 is 2.32 bits per heavy atom. The molecule has 1 N–H and O–H groups in total. The molecular weight excluding hydrogens is 292 g/mol. The van der Waals surface area contributed by atoms with E-state index in [1.165, 1.54) is 31.2 Å². The monoisotopic (exact) mass is 310 g/mol. The fourth-order valence-electron chi connectivity index (χ4n) is 1.38. The van der Waals surface area contributed by atoms with Crippen LogP contribution >= 0.6 is 0 Å². The van der Waals surface area contributed by atoms with Crippen LogP contribution in [0.2, 0.25) is 0 Å². The van der Waals surface area contributed by atoms with E-state index in [-0.39, 0.29) is 24.0 Å². The second kappa shape index (κ2) is 7.96. The van der Waals surface area contributed by atoms with Gasteiger partial charge >= 0.3 is 12.1 Å². The third-order valence-electron chi connectivity index (χ3n) is 2.50. The molecule has 1 aromatic carbocycles. The van der Waals surface area contributed by atoms with Crippen molar-refractivity contribution in [2.75, 3.05) is 6.61 Å². The third-order valence-corrected chi connectivity index (χ3v) is 2.50. The van der Waals surface area contributed by atoms with Gasteiger partial charge in [-0.25, -0.2) is 9.59 Å². The van der Waals surface area contributed by atoms with Crippen molar-refractivity contribution in [3.05, 3.63) is 34.4 Å². The van der Waals surface area contributed by atoms with Gasteiger partial charge in [0.2, 0.25) is 0 Å². The molecule has 0 aliphatic carbocycles. The van der Waals surface area contributed by atoms with Gasteiger partial charge in [-0.05, 0) is 25.0 Å². The summed E-state index contributed by atoms with van der Waals surface area (Å²) in [5.41, 5.74) is -0.113. The number of carbonyl (C=O) groups is 2. The van der Waals surface area contributed by atoms with Crippen molar-refractivity contribution in [1.29, 1.82) is 0 Å². The number of amides is 1. The van der Waals surface area contributed by atoms with Crippen molar-refractivity contribution in [2.45, 2.75) is 26.8 Å². The first-order valence-electron chi connectivity index (χ1n) is 6.69. The van der Waals surface area contributed by atoms with Crippen LogP contribution in [0.1, 0.15) is 20.8 Å². The fraction of sp³-hybridized carbons (Fsp3) is 0.429. The maximum absolute atomic E-state index is 11.6. The van der Waals surface area contributed by atoms with Crippen LogP contribution in [-0.2, 0) is 9.53 Å². The zero-order chi connectivity index (χ0) is 16.7. The molecule has 0 saturated heterocycles. The van der Waals surface area contributed by atoms with Gasteiger partial charge in [0.1, 0.15) is 11.8 Å². The van der Waals surface area contributed by atoms with E-state index in [9.17, 15) is 19.7 Å². The summed E-state index contributed by atoms with van der Waals surface area (Å²) in [7, 11) is 0. The number of nitrogens with one attached hydrogen (secondary N) is 1. The molecule has 1 amide bonds. The lowest BCUT2D eigenvalue weighted by molar-refractivity contribution is -0.384. The van der Waals surface area contributed by atoms with Crippen molar-refractivity contribution in [2.24, 2.45) is 5.92 Å². The lowest BCUT2D eigenvalue weighted by atomic mass is 10.2. The number of esters is 1. The molecule has 0 fully saturated rings. The predicted molar refractivity (Wildman–Crippen MR) is 77.5 cm³/mol. The number of hydrogen-bond acceptors (Lipinski definition) is 6. The quantitative estimate of drug-likeness (QED) is 0.490. The summed E-state index contributed by atoms with van der Waals surface area (Å²) >= 11 is 0. The smallest absolute Gasteiger partial charge is 0.413 e. The van der Waals surface area contributed by atoms with Crippen LogP contribution in [0.5, 0.6) is 5.75 Å². The van der Waals surface area contributed by atoms with Gasteiger partial charge in [0.15, 0.2) is 0 Å². The van der Waals surface area contributed by atoms with Crippen molar-refractivity contribution in [3.63, 3.8) is 0 Å². The summed E-state index contributed by atoms with van der Waals surface area (Å²) < 4.78 is 9.89. The molecule has 22 heavy (non-hydrogen) atoms. The Morgan fingerprint density at radius 1 is 1.23 bits per heavy atom. The van der Waals surface area contributed by atoms with Crippen LogP contribution in [-0.4, -0.2) is 29.6 Å². The zero-order valence-electron chi connectivity index (χ0n) is 12.6. The highest BCUT2D eigenvalue weighted by atomic mass is 16.6. The summed E-state index contributed by atoms with van der Waals surface area (Å²) in [5.74, 6) is -0.233. The highest BCUT2D eigenvalue weighted by molar-refractivity contribution is 5.81. The van der Waals surface area contributed by atoms with Crippen molar-refractivity contribution >= 4 is 17.7 Å². The van der Waals surface area contributed by atoms with E-state index in [0.717, 1.165) is 0 Å². The van der Waals surface area contributed by atoms with E-state index in [2.05, 4.69) is 5.32 Å². The van der Waals surface area contributed by atoms with Crippen LogP contribution in [0.15, 0.2) is 24.3 Å². The highest BCUT2D eigenvalue weighted by Crippen LogP contribution is 2.17. The fourth-order valence-corrected chi connectivity index (χ4v) is 1.38. The van der Waals surface area contributed by atoms with Gasteiger partial charge in [-0.2, -0.15) is 0 Å². The molecule has 8 nitrogen and oxygen atoms in total. The van der Waals surface area contributed by atoms with Crippen LogP contribution in [0.25, 0.3) is 0 Å². The molecule has 0 aliphatic rings. The highest BCUT2D eigenvalue weighted by Gasteiger charge is 2.18. The maximum Gasteiger partial charge on any atom is 0.413 e. The summed E-state index contributed by atoms with van der Waals surface area (Å²) in [6.45, 7) is 5.53. The van der Waals surface area contributed by atoms with Gasteiger partial charge in [0, 0.05) is 12.1 Å². The molecular formula is C14H18N2O6. The SMILES string of the molecule is CC(C)COC(=O)[C@H](C)NC(=O)Oc1ccc([N+](=O)[O-])cc1. The second-order valence-corrected chi connectivity index (χ2v) is 5.03. The molecule has 0 bridgehead atoms. The van der Waals surface area contributed by atoms with E-state index in [4.69, 9.17) is 9.47 Å². The van der Waals surface area contributed by atoms with Crippen molar-refractivity contribution in [3.8, 4) is 5.75 Å². The zero-order valence-corrected chi connectivity index (χ0v) is 12.6. The average molecular weight is 310 g/mol. The molecule has 0 spiro atoms. The summed E-state index contributed by atoms with van der Waals surface area (Å²) in [6, 6.07) is 4.15. The van der Waals surface area contributed by atoms with Gasteiger partial charge < -0.3 is 14.8 Å². The topological polar surface area (TPSA) is 108 Å². The van der Waals surface area contributed by atoms with E-state index in [0.29, 0.717) is 0 Å². The Labute approximate surface area is 127 Å². The normalized spacial score (nSPS) is 11.6. The number of nitrogens with zero attached hydrogens (tertiary/aromatic N) is 1. The molecule has 0 radical (unpaired) electrons. The third kappa shape index (κ3) is 5.78. The Morgan fingerprint density at radius 2 is 1.82 bits per heavy atom. The molecule has 1 rings (SSSR count). The summed E-state index contributed by atoms with van der Waals surface area (Å²) in [4.78, 5) is 33.1. The number of nitro groups is 1. The first-order chi connectivity index (χ1) is 10.3. The number of nitro benzene ring substituents is 1. The molecule has 0 heterocycles. The van der Waals surface area contributed by atoms with Gasteiger partial charge in [-0.1, -0.05) is 13.8 Å². The number of ether oxygens (including phenoxy) is 2. The lowest BCUT2D eigenvalue weighted by Crippen LogP contribution is -2.41. The largest absolute Gasteiger partial charge is 0.464 e. The predicted octanol–water partition coefficient (Wildman–Crippen LogP) is 2.27. The van der Waals surface area contributed by atoms with E-state index in [1.54, 1.807) is 0 Å². The van der Waals surface area contributed by atoms with Crippen LogP contribution in [0.3, 0.4) is 0 Å². The Bertz CT molecular complexity index is 541. The van der Waals surface area contributed by atoms with Crippen molar-refractivity contribution < 1.29 is 24.0 Å². The molecule has 1 aromatic rings. The second-order valence-electron chi connectivity index (χ2n) is 5.03. The number of rotatable bonds is 6. The minimum atomic E-state index is -0.857. The maximum atomic E-state index is 11.6. The number of benzene rings is 1. The Balaban J connectivity index is 2.48. The lowest BCUT2D eigenvalue weighted by Gasteiger charge is -2.14. The van der Waals surface area contributed by atoms with Gasteiger partial charge in [-0.3, -0.25) is 10.1 Å². The number of non-ortho nitro benzene ring substituents is 1. The van der Waals surface area contributed by atoms with E-state index >= 15 is 0 Å². The molecule has 0 unspecified atom stereocenters. The summed E-state index contributed by atoms with van der Waals surface area (Å²) in [6.07, 6.45) is -0.845. The van der Waals surface area contributed by atoms with Crippen LogP contribution in [0.4, 0.5) is 10.5 Å². The van der Waals surface area contributed by atoms with Gasteiger partial charge in [0.25, 0.3) is 5.69 Å². The molecule has 120 valence electrons. The number of carbonyl (C=O) groups excluding carboxylic acids is 2. The van der Waals surface area contributed by atoms with E-state index < -0.39 is 23.0 Å². The molecule has 8 heteroatoms. The standard InChI is InChI=1S/C14H18N2O6/c1-9(2)8-21-13(17)10(3)15-14(18)22-12-6-4-11(5-7-12)16(19)20/h4-7,9-10H,8H2,1-3H3,(H,15,18)/t10-/m0/s1. The minimum Gasteiger partial charge on any atom is -0.464 e. The summed E-state index contributed by atoms with van der Waals surface area (Å²) in [5, 5.41) is 12.8.